The van der Waals surface area contributed by atoms with Crippen molar-refractivity contribution in [3.63, 3.8) is 0 Å². The summed E-state index contributed by atoms with van der Waals surface area (Å²) in [6, 6.07) is 0. The fourth-order valence-corrected chi connectivity index (χ4v) is 2.12. The van der Waals surface area contributed by atoms with Crippen molar-refractivity contribution < 1.29 is 9.47 Å². The van der Waals surface area contributed by atoms with Crippen LogP contribution in [0.1, 0.15) is 12.8 Å². The Labute approximate surface area is 92.2 Å². The number of rotatable bonds is 6. The first-order chi connectivity index (χ1) is 6.81. The van der Waals surface area contributed by atoms with E-state index in [0.717, 1.165) is 25.4 Å². The summed E-state index contributed by atoms with van der Waals surface area (Å²) in [6.07, 6.45) is 2.90. The molecule has 0 N–H and O–H groups in total. The molecule has 2 unspecified atom stereocenters. The highest BCUT2D eigenvalue weighted by molar-refractivity contribution is 7.80. The molecule has 1 aliphatic heterocycles. The number of likely N-dealkylation sites (tertiary alicyclic amines) is 1. The first-order valence-corrected chi connectivity index (χ1v) is 5.84. The molecule has 1 heterocycles. The predicted molar refractivity (Wildman–Crippen MR) is 61.1 cm³/mol. The molecule has 1 aliphatic rings. The van der Waals surface area contributed by atoms with Crippen LogP contribution in [0.4, 0.5) is 0 Å². The van der Waals surface area contributed by atoms with Gasteiger partial charge in [0.1, 0.15) is 0 Å². The average Bonchev–Trinajstić information content (AvgIpc) is 2.61. The number of unbranched alkanes of at least 4 members (excludes halogenated alkanes) is 1. The molecule has 0 saturated carbocycles. The summed E-state index contributed by atoms with van der Waals surface area (Å²) in [6.45, 7) is 3.14. The third-order valence-corrected chi connectivity index (χ3v) is 3.10. The maximum Gasteiger partial charge on any atom is 0.0971 e. The summed E-state index contributed by atoms with van der Waals surface area (Å²) in [5.74, 6) is 0.981. The third kappa shape index (κ3) is 3.42. The summed E-state index contributed by atoms with van der Waals surface area (Å²) in [5.41, 5.74) is 0. The van der Waals surface area contributed by atoms with Crippen molar-refractivity contribution in [2.75, 3.05) is 39.6 Å². The molecule has 0 aliphatic carbocycles. The number of hydrogen-bond acceptors (Lipinski definition) is 4. The largest absolute Gasteiger partial charge is 0.377 e. The summed E-state index contributed by atoms with van der Waals surface area (Å²) < 4.78 is 10.7. The molecule has 4 heteroatoms. The van der Waals surface area contributed by atoms with Gasteiger partial charge in [0.2, 0.25) is 0 Å². The SMILES string of the molecule is COC1CN(CCCCS)CC1OC. The lowest BCUT2D eigenvalue weighted by Crippen LogP contribution is -2.27. The number of thiol groups is 1. The molecular weight excluding hydrogens is 198 g/mol. The molecular formula is C10H21NO2S. The Morgan fingerprint density at radius 3 is 2.14 bits per heavy atom. The minimum absolute atomic E-state index is 0.246. The molecule has 1 fully saturated rings. The standard InChI is InChI=1S/C10H21NO2S/c1-12-9-7-11(5-3-4-6-14)8-10(9)13-2/h9-10,14H,3-8H2,1-2H3. The van der Waals surface area contributed by atoms with E-state index in [1.54, 1.807) is 14.2 Å². The van der Waals surface area contributed by atoms with Crippen molar-refractivity contribution in [1.29, 1.82) is 0 Å². The van der Waals surface area contributed by atoms with Gasteiger partial charge in [-0.15, -0.1) is 0 Å². The van der Waals surface area contributed by atoms with E-state index in [9.17, 15) is 0 Å². The fourth-order valence-electron chi connectivity index (χ4n) is 1.90. The van der Waals surface area contributed by atoms with Crippen LogP contribution >= 0.6 is 12.6 Å². The Hall–Kier alpha value is 0.230. The summed E-state index contributed by atoms with van der Waals surface area (Å²) in [4.78, 5) is 2.41. The summed E-state index contributed by atoms with van der Waals surface area (Å²) in [5, 5.41) is 0. The Morgan fingerprint density at radius 1 is 1.14 bits per heavy atom. The Morgan fingerprint density at radius 2 is 1.71 bits per heavy atom. The van der Waals surface area contributed by atoms with E-state index in [1.165, 1.54) is 12.8 Å². The van der Waals surface area contributed by atoms with E-state index < -0.39 is 0 Å². The van der Waals surface area contributed by atoms with Gasteiger partial charge in [-0.1, -0.05) is 0 Å². The predicted octanol–water partition coefficient (Wildman–Crippen LogP) is 1.04. The van der Waals surface area contributed by atoms with Crippen LogP contribution in [0, 0.1) is 0 Å². The van der Waals surface area contributed by atoms with Gasteiger partial charge in [0.25, 0.3) is 0 Å². The van der Waals surface area contributed by atoms with Crippen molar-refractivity contribution in [3.8, 4) is 0 Å². The molecule has 1 rings (SSSR count). The van der Waals surface area contributed by atoms with E-state index in [0.29, 0.717) is 0 Å². The van der Waals surface area contributed by atoms with E-state index in [1.807, 2.05) is 0 Å². The Kier molecular flexibility index (Phi) is 5.86. The summed E-state index contributed by atoms with van der Waals surface area (Å²) >= 11 is 4.20. The molecule has 0 bridgehead atoms. The number of methoxy groups -OCH3 is 2. The Balaban J connectivity index is 2.23. The second-order valence-electron chi connectivity index (χ2n) is 3.74. The molecule has 0 spiro atoms. The van der Waals surface area contributed by atoms with E-state index in [2.05, 4.69) is 17.5 Å². The Bertz CT molecular complexity index is 145. The number of ether oxygens (including phenoxy) is 2. The van der Waals surface area contributed by atoms with Crippen molar-refractivity contribution >= 4 is 12.6 Å². The molecule has 0 aromatic carbocycles. The fraction of sp³-hybridized carbons (Fsp3) is 1.00. The lowest BCUT2D eigenvalue weighted by molar-refractivity contribution is -0.00461. The van der Waals surface area contributed by atoms with Crippen LogP contribution in [0.15, 0.2) is 0 Å². The molecule has 84 valence electrons. The highest BCUT2D eigenvalue weighted by Gasteiger charge is 2.32. The van der Waals surface area contributed by atoms with Crippen LogP contribution < -0.4 is 0 Å². The van der Waals surface area contributed by atoms with E-state index in [-0.39, 0.29) is 12.2 Å². The van der Waals surface area contributed by atoms with Gasteiger partial charge in [-0.3, -0.25) is 4.90 Å². The van der Waals surface area contributed by atoms with Crippen LogP contribution in [-0.4, -0.2) is 56.7 Å². The molecule has 14 heavy (non-hydrogen) atoms. The number of nitrogens with zero attached hydrogens (tertiary/aromatic N) is 1. The lowest BCUT2D eigenvalue weighted by atomic mass is 10.3. The first-order valence-electron chi connectivity index (χ1n) is 5.20. The zero-order valence-corrected chi connectivity index (χ0v) is 10.0. The van der Waals surface area contributed by atoms with Gasteiger partial charge in [-0.25, -0.2) is 0 Å². The van der Waals surface area contributed by atoms with E-state index >= 15 is 0 Å². The zero-order valence-electron chi connectivity index (χ0n) is 9.11. The maximum absolute atomic E-state index is 5.37. The van der Waals surface area contributed by atoms with Crippen LogP contribution in [-0.2, 0) is 9.47 Å². The third-order valence-electron chi connectivity index (χ3n) is 2.78. The zero-order chi connectivity index (χ0) is 10.4. The van der Waals surface area contributed by atoms with Crippen molar-refractivity contribution in [2.24, 2.45) is 0 Å². The van der Waals surface area contributed by atoms with Gasteiger partial charge in [0, 0.05) is 27.3 Å². The second kappa shape index (κ2) is 6.67. The minimum Gasteiger partial charge on any atom is -0.377 e. The lowest BCUT2D eigenvalue weighted by Gasteiger charge is -2.13. The molecule has 0 aromatic heterocycles. The van der Waals surface area contributed by atoms with Gasteiger partial charge in [-0.2, -0.15) is 12.6 Å². The molecule has 3 nitrogen and oxygen atoms in total. The van der Waals surface area contributed by atoms with Crippen molar-refractivity contribution in [3.05, 3.63) is 0 Å². The molecule has 2 atom stereocenters. The van der Waals surface area contributed by atoms with Crippen molar-refractivity contribution in [2.45, 2.75) is 25.0 Å². The van der Waals surface area contributed by atoms with Crippen molar-refractivity contribution in [1.82, 2.24) is 4.90 Å². The highest BCUT2D eigenvalue weighted by atomic mass is 32.1. The van der Waals surface area contributed by atoms with E-state index in [4.69, 9.17) is 9.47 Å². The topological polar surface area (TPSA) is 21.7 Å². The van der Waals surface area contributed by atoms with Gasteiger partial charge in [0.05, 0.1) is 12.2 Å². The highest BCUT2D eigenvalue weighted by Crippen LogP contribution is 2.15. The molecule has 1 saturated heterocycles. The van der Waals surface area contributed by atoms with Crippen LogP contribution in [0.3, 0.4) is 0 Å². The van der Waals surface area contributed by atoms with Gasteiger partial charge < -0.3 is 9.47 Å². The average molecular weight is 219 g/mol. The first kappa shape index (κ1) is 12.3. The van der Waals surface area contributed by atoms with Crippen LogP contribution in [0.2, 0.25) is 0 Å². The monoisotopic (exact) mass is 219 g/mol. The number of hydrogen-bond donors (Lipinski definition) is 1. The minimum atomic E-state index is 0.246. The molecule has 0 amide bonds. The van der Waals surface area contributed by atoms with Crippen LogP contribution in [0.5, 0.6) is 0 Å². The smallest absolute Gasteiger partial charge is 0.0971 e. The van der Waals surface area contributed by atoms with Gasteiger partial charge >= 0.3 is 0 Å². The maximum atomic E-state index is 5.37. The quantitative estimate of drug-likeness (QED) is 0.533. The summed E-state index contributed by atoms with van der Waals surface area (Å²) in [7, 11) is 3.52. The molecule has 0 radical (unpaired) electrons. The van der Waals surface area contributed by atoms with Gasteiger partial charge in [0.15, 0.2) is 0 Å². The normalized spacial score (nSPS) is 28.5. The second-order valence-corrected chi connectivity index (χ2v) is 4.19. The van der Waals surface area contributed by atoms with Gasteiger partial charge in [-0.05, 0) is 25.1 Å². The molecule has 0 aromatic rings. The van der Waals surface area contributed by atoms with Crippen LogP contribution in [0.25, 0.3) is 0 Å².